The van der Waals surface area contributed by atoms with Crippen molar-refractivity contribution in [3.05, 3.63) is 18.7 Å². The van der Waals surface area contributed by atoms with Crippen LogP contribution in [0.15, 0.2) is 18.7 Å². The molecule has 0 spiro atoms. The minimum absolute atomic E-state index is 0.275. The first-order chi connectivity index (χ1) is 5.90. The quantitative estimate of drug-likeness (QED) is 0.620. The molecule has 64 valence electrons. The van der Waals surface area contributed by atoms with Crippen LogP contribution in [0.2, 0.25) is 0 Å². The highest BCUT2D eigenvalue weighted by atomic mass is 16.1. The van der Waals surface area contributed by atoms with Gasteiger partial charge in [-0.25, -0.2) is 4.98 Å². The van der Waals surface area contributed by atoms with E-state index in [1.165, 1.54) is 0 Å². The Morgan fingerprint density at radius 3 is 3.00 bits per heavy atom. The van der Waals surface area contributed by atoms with Crippen LogP contribution in [0.3, 0.4) is 0 Å². The Hall–Kier alpha value is -1.12. The van der Waals surface area contributed by atoms with Crippen LogP contribution in [-0.2, 0) is 4.79 Å². The molecule has 0 radical (unpaired) electrons. The summed E-state index contributed by atoms with van der Waals surface area (Å²) >= 11 is 0. The van der Waals surface area contributed by atoms with Crippen molar-refractivity contribution < 1.29 is 4.79 Å². The SMILES string of the molecule is O=CC1CCC(n2ccnc2)C1. The average molecular weight is 164 g/mol. The molecule has 1 saturated carbocycles. The molecule has 1 heterocycles. The maximum atomic E-state index is 10.5. The third-order valence-corrected chi connectivity index (χ3v) is 2.58. The van der Waals surface area contributed by atoms with Gasteiger partial charge in [0.1, 0.15) is 6.29 Å². The van der Waals surface area contributed by atoms with Crippen molar-refractivity contribution in [3.63, 3.8) is 0 Å². The van der Waals surface area contributed by atoms with Crippen molar-refractivity contribution in [2.45, 2.75) is 25.3 Å². The van der Waals surface area contributed by atoms with E-state index in [1.807, 2.05) is 12.5 Å². The lowest BCUT2D eigenvalue weighted by molar-refractivity contribution is -0.110. The lowest BCUT2D eigenvalue weighted by atomic mass is 10.1. The molecule has 0 bridgehead atoms. The van der Waals surface area contributed by atoms with Gasteiger partial charge in [0.15, 0.2) is 0 Å². The molecule has 0 N–H and O–H groups in total. The Bertz CT molecular complexity index is 256. The van der Waals surface area contributed by atoms with Gasteiger partial charge >= 0.3 is 0 Å². The number of nitrogens with zero attached hydrogens (tertiary/aromatic N) is 2. The molecule has 0 amide bonds. The van der Waals surface area contributed by atoms with Gasteiger partial charge in [-0.1, -0.05) is 0 Å². The van der Waals surface area contributed by atoms with E-state index in [4.69, 9.17) is 0 Å². The van der Waals surface area contributed by atoms with Gasteiger partial charge in [-0.3, -0.25) is 0 Å². The second kappa shape index (κ2) is 3.09. The smallest absolute Gasteiger partial charge is 0.123 e. The van der Waals surface area contributed by atoms with Crippen LogP contribution in [-0.4, -0.2) is 15.8 Å². The first kappa shape index (κ1) is 7.53. The average Bonchev–Trinajstić information content (AvgIpc) is 2.75. The molecule has 2 rings (SSSR count). The van der Waals surface area contributed by atoms with Gasteiger partial charge in [0, 0.05) is 24.4 Å². The lowest BCUT2D eigenvalue weighted by Crippen LogP contribution is -2.03. The Morgan fingerprint density at radius 2 is 2.42 bits per heavy atom. The normalized spacial score (nSPS) is 29.0. The Morgan fingerprint density at radius 1 is 1.50 bits per heavy atom. The second-order valence-corrected chi connectivity index (χ2v) is 3.37. The summed E-state index contributed by atoms with van der Waals surface area (Å²) in [4.78, 5) is 14.5. The van der Waals surface area contributed by atoms with Crippen molar-refractivity contribution in [3.8, 4) is 0 Å². The fourth-order valence-corrected chi connectivity index (χ4v) is 1.87. The van der Waals surface area contributed by atoms with Gasteiger partial charge in [-0.05, 0) is 19.3 Å². The molecule has 0 aliphatic heterocycles. The topological polar surface area (TPSA) is 34.9 Å². The van der Waals surface area contributed by atoms with E-state index >= 15 is 0 Å². The van der Waals surface area contributed by atoms with E-state index in [0.717, 1.165) is 25.5 Å². The number of carbonyl (C=O) groups excluding carboxylic acids is 1. The molecule has 1 aliphatic rings. The first-order valence-corrected chi connectivity index (χ1v) is 4.33. The summed E-state index contributed by atoms with van der Waals surface area (Å²) in [5.74, 6) is 0.275. The summed E-state index contributed by atoms with van der Waals surface area (Å²) < 4.78 is 2.10. The highest BCUT2D eigenvalue weighted by Gasteiger charge is 2.24. The number of imidazole rings is 1. The lowest BCUT2D eigenvalue weighted by Gasteiger charge is -2.09. The van der Waals surface area contributed by atoms with Gasteiger partial charge < -0.3 is 9.36 Å². The van der Waals surface area contributed by atoms with Crippen LogP contribution in [0.1, 0.15) is 25.3 Å². The van der Waals surface area contributed by atoms with Crippen LogP contribution in [0, 0.1) is 5.92 Å². The minimum Gasteiger partial charge on any atom is -0.334 e. The molecule has 3 heteroatoms. The number of rotatable bonds is 2. The van der Waals surface area contributed by atoms with Gasteiger partial charge in [0.25, 0.3) is 0 Å². The van der Waals surface area contributed by atoms with Crippen molar-refractivity contribution in [1.82, 2.24) is 9.55 Å². The van der Waals surface area contributed by atoms with E-state index in [0.29, 0.717) is 6.04 Å². The summed E-state index contributed by atoms with van der Waals surface area (Å²) in [6.07, 6.45) is 9.80. The largest absolute Gasteiger partial charge is 0.334 e. The number of carbonyl (C=O) groups is 1. The molecule has 2 unspecified atom stereocenters. The number of hydrogen-bond acceptors (Lipinski definition) is 2. The van der Waals surface area contributed by atoms with E-state index < -0.39 is 0 Å². The zero-order chi connectivity index (χ0) is 8.39. The third kappa shape index (κ3) is 1.26. The molecule has 0 aromatic carbocycles. The molecular formula is C9H12N2O. The number of hydrogen-bond donors (Lipinski definition) is 0. The van der Waals surface area contributed by atoms with Gasteiger partial charge in [-0.2, -0.15) is 0 Å². The summed E-state index contributed by atoms with van der Waals surface area (Å²) in [7, 11) is 0. The molecule has 1 aliphatic carbocycles. The summed E-state index contributed by atoms with van der Waals surface area (Å²) in [6.45, 7) is 0. The van der Waals surface area contributed by atoms with E-state index in [1.54, 1.807) is 6.20 Å². The van der Waals surface area contributed by atoms with Crippen LogP contribution >= 0.6 is 0 Å². The zero-order valence-corrected chi connectivity index (χ0v) is 6.89. The number of aldehydes is 1. The highest BCUT2D eigenvalue weighted by Crippen LogP contribution is 2.32. The van der Waals surface area contributed by atoms with Crippen LogP contribution in [0.4, 0.5) is 0 Å². The second-order valence-electron chi connectivity index (χ2n) is 3.37. The summed E-state index contributed by atoms with van der Waals surface area (Å²) in [5.41, 5.74) is 0. The molecule has 3 nitrogen and oxygen atoms in total. The van der Waals surface area contributed by atoms with Crippen molar-refractivity contribution >= 4 is 6.29 Å². The van der Waals surface area contributed by atoms with Crippen LogP contribution < -0.4 is 0 Å². The summed E-state index contributed by atoms with van der Waals surface area (Å²) in [5, 5.41) is 0. The van der Waals surface area contributed by atoms with Crippen molar-refractivity contribution in [2.24, 2.45) is 5.92 Å². The minimum atomic E-state index is 0.275. The van der Waals surface area contributed by atoms with Gasteiger partial charge in [0.05, 0.1) is 6.33 Å². The maximum absolute atomic E-state index is 10.5. The fraction of sp³-hybridized carbons (Fsp3) is 0.556. The predicted octanol–water partition coefficient (Wildman–Crippen LogP) is 1.42. The van der Waals surface area contributed by atoms with E-state index in [9.17, 15) is 4.79 Å². The van der Waals surface area contributed by atoms with E-state index in [-0.39, 0.29) is 5.92 Å². The highest BCUT2D eigenvalue weighted by molar-refractivity contribution is 5.54. The molecular weight excluding hydrogens is 152 g/mol. The van der Waals surface area contributed by atoms with Crippen LogP contribution in [0.25, 0.3) is 0 Å². The number of aromatic nitrogens is 2. The molecule has 1 aromatic rings. The molecule has 12 heavy (non-hydrogen) atoms. The van der Waals surface area contributed by atoms with E-state index in [2.05, 4.69) is 9.55 Å². The predicted molar refractivity (Wildman–Crippen MR) is 44.7 cm³/mol. The maximum Gasteiger partial charge on any atom is 0.123 e. The Labute approximate surface area is 71.4 Å². The van der Waals surface area contributed by atoms with Crippen molar-refractivity contribution in [2.75, 3.05) is 0 Å². The molecule has 1 fully saturated rings. The Kier molecular flexibility index (Phi) is 1.94. The summed E-state index contributed by atoms with van der Waals surface area (Å²) in [6, 6.07) is 0.502. The third-order valence-electron chi connectivity index (χ3n) is 2.58. The molecule has 1 aromatic heterocycles. The Balaban J connectivity index is 2.04. The zero-order valence-electron chi connectivity index (χ0n) is 6.89. The fourth-order valence-electron chi connectivity index (χ4n) is 1.87. The molecule has 2 atom stereocenters. The van der Waals surface area contributed by atoms with Crippen LogP contribution in [0.5, 0.6) is 0 Å². The van der Waals surface area contributed by atoms with Gasteiger partial charge in [-0.15, -0.1) is 0 Å². The molecule has 0 saturated heterocycles. The van der Waals surface area contributed by atoms with Crippen molar-refractivity contribution in [1.29, 1.82) is 0 Å². The monoisotopic (exact) mass is 164 g/mol. The van der Waals surface area contributed by atoms with Gasteiger partial charge in [0.2, 0.25) is 0 Å². The standard InChI is InChI=1S/C9H12N2O/c12-6-8-1-2-9(5-8)11-4-3-10-7-11/h3-4,6-9H,1-2,5H2. The first-order valence-electron chi connectivity index (χ1n) is 4.33.